The average molecular weight is 404 g/mol. The molecule has 0 aliphatic rings. The van der Waals surface area contributed by atoms with Crippen LogP contribution in [0.2, 0.25) is 0 Å². The Kier molecular flexibility index (Phi) is 4.82. The van der Waals surface area contributed by atoms with Crippen LogP contribution in [0.4, 0.5) is 0 Å². The highest BCUT2D eigenvalue weighted by Crippen LogP contribution is 2.32. The first-order valence-corrected chi connectivity index (χ1v) is 10.5. The van der Waals surface area contributed by atoms with E-state index >= 15 is 0 Å². The van der Waals surface area contributed by atoms with Gasteiger partial charge in [-0.05, 0) is 34.9 Å². The lowest BCUT2D eigenvalue weighted by molar-refractivity contribution is 0.112. The van der Waals surface area contributed by atoms with Crippen LogP contribution in [0.15, 0.2) is 77.7 Å². The van der Waals surface area contributed by atoms with Gasteiger partial charge in [0, 0.05) is 30.6 Å². The van der Waals surface area contributed by atoms with E-state index in [1.807, 2.05) is 54.6 Å². The molecule has 0 saturated heterocycles. The number of hydrogen-bond acceptors (Lipinski definition) is 3. The summed E-state index contributed by atoms with van der Waals surface area (Å²) in [5.41, 5.74) is 4.89. The van der Waals surface area contributed by atoms with E-state index in [1.54, 1.807) is 18.2 Å². The normalized spacial score (nSPS) is 11.8. The van der Waals surface area contributed by atoms with Crippen LogP contribution in [0.3, 0.4) is 0 Å². The lowest BCUT2D eigenvalue weighted by Crippen LogP contribution is -2.22. The zero-order valence-electron chi connectivity index (χ0n) is 16.1. The maximum Gasteiger partial charge on any atom is 0.242 e. The molecule has 0 atom stereocenters. The first-order valence-electron chi connectivity index (χ1n) is 9.11. The third-order valence-electron chi connectivity index (χ3n) is 4.99. The Balaban J connectivity index is 1.81. The van der Waals surface area contributed by atoms with Gasteiger partial charge < -0.3 is 4.98 Å². The van der Waals surface area contributed by atoms with E-state index in [2.05, 4.69) is 4.98 Å². The maximum atomic E-state index is 12.5. The Labute approximate surface area is 169 Å². The van der Waals surface area contributed by atoms with Gasteiger partial charge in [-0.3, -0.25) is 4.79 Å². The van der Waals surface area contributed by atoms with E-state index in [4.69, 9.17) is 0 Å². The Morgan fingerprint density at radius 2 is 1.45 bits per heavy atom. The molecule has 0 amide bonds. The van der Waals surface area contributed by atoms with Crippen molar-refractivity contribution in [3.8, 4) is 22.4 Å². The summed E-state index contributed by atoms with van der Waals surface area (Å²) in [6.45, 7) is 0. The molecule has 3 aromatic carbocycles. The fraction of sp³-hybridized carbons (Fsp3) is 0.0870. The number of aromatic amines is 1. The van der Waals surface area contributed by atoms with Crippen molar-refractivity contribution in [3.05, 3.63) is 78.4 Å². The molecule has 0 unspecified atom stereocenters. The summed E-state index contributed by atoms with van der Waals surface area (Å²) in [7, 11) is -0.615. The number of carbonyl (C=O) groups excluding carboxylic acids is 1. The largest absolute Gasteiger partial charge is 0.354 e. The van der Waals surface area contributed by atoms with E-state index in [1.165, 1.54) is 14.1 Å². The number of aromatic nitrogens is 1. The number of carbonyl (C=O) groups is 1. The van der Waals surface area contributed by atoms with Gasteiger partial charge >= 0.3 is 0 Å². The Hall–Kier alpha value is -3.22. The summed E-state index contributed by atoms with van der Waals surface area (Å²) < 4.78 is 26.1. The van der Waals surface area contributed by atoms with Crippen LogP contribution in [-0.2, 0) is 10.0 Å². The van der Waals surface area contributed by atoms with E-state index < -0.39 is 10.0 Å². The fourth-order valence-corrected chi connectivity index (χ4v) is 4.30. The van der Waals surface area contributed by atoms with Crippen LogP contribution in [-0.4, -0.2) is 38.1 Å². The molecule has 0 saturated carbocycles. The number of H-pyrrole nitrogens is 1. The highest BCUT2D eigenvalue weighted by molar-refractivity contribution is 7.89. The quantitative estimate of drug-likeness (QED) is 0.496. The predicted octanol–water partition coefficient (Wildman–Crippen LogP) is 4.56. The number of nitrogens with zero attached hydrogens (tertiary/aromatic N) is 1. The van der Waals surface area contributed by atoms with Crippen molar-refractivity contribution in [2.24, 2.45) is 0 Å². The van der Waals surface area contributed by atoms with Crippen molar-refractivity contribution < 1.29 is 13.2 Å². The molecule has 4 aromatic rings. The second kappa shape index (κ2) is 7.31. The maximum absolute atomic E-state index is 12.5. The minimum absolute atomic E-state index is 0.156. The van der Waals surface area contributed by atoms with Gasteiger partial charge in [0.1, 0.15) is 0 Å². The number of nitrogens with one attached hydrogen (secondary N) is 1. The van der Waals surface area contributed by atoms with E-state index in [9.17, 15) is 13.2 Å². The molecule has 146 valence electrons. The summed E-state index contributed by atoms with van der Waals surface area (Å²) in [4.78, 5) is 15.3. The molecule has 0 aliphatic heterocycles. The third-order valence-corrected chi connectivity index (χ3v) is 6.80. The summed E-state index contributed by atoms with van der Waals surface area (Å²) in [5.74, 6) is 0. The van der Waals surface area contributed by atoms with Crippen molar-refractivity contribution >= 4 is 27.2 Å². The van der Waals surface area contributed by atoms with Crippen LogP contribution >= 0.6 is 0 Å². The summed E-state index contributed by atoms with van der Waals surface area (Å²) >= 11 is 0. The van der Waals surface area contributed by atoms with Gasteiger partial charge in [0.15, 0.2) is 6.29 Å². The van der Waals surface area contributed by atoms with Crippen molar-refractivity contribution in [1.29, 1.82) is 0 Å². The summed E-state index contributed by atoms with van der Waals surface area (Å²) in [5, 5.41) is 0.588. The van der Waals surface area contributed by atoms with Crippen LogP contribution in [0, 0.1) is 0 Å². The first-order chi connectivity index (χ1) is 13.9. The predicted molar refractivity (Wildman–Crippen MR) is 115 cm³/mol. The Bertz CT molecular complexity index is 1290. The second-order valence-electron chi connectivity index (χ2n) is 6.97. The number of hydrogen-bond donors (Lipinski definition) is 1. The van der Waals surface area contributed by atoms with Gasteiger partial charge in [0.25, 0.3) is 0 Å². The molecule has 1 N–H and O–H groups in total. The SMILES string of the molecule is CN(C)S(=O)(=O)c1ccc2[nH]c(-c3ccc(-c4ccccc4)cc3)c(C=O)c2c1. The topological polar surface area (TPSA) is 70.2 Å². The zero-order valence-corrected chi connectivity index (χ0v) is 16.9. The van der Waals surface area contributed by atoms with Crippen molar-refractivity contribution in [3.63, 3.8) is 0 Å². The molecular formula is C23H20N2O3S. The fourth-order valence-electron chi connectivity index (χ4n) is 3.37. The summed E-state index contributed by atoms with van der Waals surface area (Å²) in [6.07, 6.45) is 0.769. The summed E-state index contributed by atoms with van der Waals surface area (Å²) in [6, 6.07) is 22.8. The zero-order chi connectivity index (χ0) is 20.6. The first kappa shape index (κ1) is 19.1. The van der Waals surface area contributed by atoms with Crippen LogP contribution < -0.4 is 0 Å². The van der Waals surface area contributed by atoms with E-state index in [0.29, 0.717) is 22.2 Å². The Morgan fingerprint density at radius 3 is 2.07 bits per heavy atom. The lowest BCUT2D eigenvalue weighted by Gasteiger charge is -2.11. The molecule has 0 spiro atoms. The molecule has 5 nitrogen and oxygen atoms in total. The molecule has 4 rings (SSSR count). The number of sulfonamides is 1. The molecule has 0 aliphatic carbocycles. The van der Waals surface area contributed by atoms with E-state index in [0.717, 1.165) is 27.3 Å². The number of aldehydes is 1. The minimum atomic E-state index is -3.58. The number of benzene rings is 3. The highest BCUT2D eigenvalue weighted by Gasteiger charge is 2.20. The monoisotopic (exact) mass is 404 g/mol. The smallest absolute Gasteiger partial charge is 0.242 e. The van der Waals surface area contributed by atoms with Crippen LogP contribution in [0.25, 0.3) is 33.3 Å². The molecule has 1 aromatic heterocycles. The van der Waals surface area contributed by atoms with Crippen molar-refractivity contribution in [1.82, 2.24) is 9.29 Å². The van der Waals surface area contributed by atoms with Gasteiger partial charge in [-0.1, -0.05) is 54.6 Å². The van der Waals surface area contributed by atoms with Crippen LogP contribution in [0.1, 0.15) is 10.4 Å². The third kappa shape index (κ3) is 3.37. The second-order valence-corrected chi connectivity index (χ2v) is 9.12. The molecule has 0 bridgehead atoms. The average Bonchev–Trinajstić information content (AvgIpc) is 3.12. The molecular weight excluding hydrogens is 384 g/mol. The van der Waals surface area contributed by atoms with E-state index in [-0.39, 0.29) is 4.90 Å². The number of fused-ring (bicyclic) bond motifs is 1. The molecule has 6 heteroatoms. The Morgan fingerprint density at radius 1 is 0.828 bits per heavy atom. The number of rotatable bonds is 5. The van der Waals surface area contributed by atoms with Gasteiger partial charge in [-0.2, -0.15) is 0 Å². The van der Waals surface area contributed by atoms with Crippen molar-refractivity contribution in [2.75, 3.05) is 14.1 Å². The van der Waals surface area contributed by atoms with Crippen LogP contribution in [0.5, 0.6) is 0 Å². The molecule has 0 radical (unpaired) electrons. The highest BCUT2D eigenvalue weighted by atomic mass is 32.2. The van der Waals surface area contributed by atoms with Gasteiger partial charge in [-0.15, -0.1) is 0 Å². The molecule has 0 fully saturated rings. The lowest BCUT2D eigenvalue weighted by atomic mass is 10.0. The molecule has 29 heavy (non-hydrogen) atoms. The van der Waals surface area contributed by atoms with Gasteiger partial charge in [0.05, 0.1) is 10.6 Å². The van der Waals surface area contributed by atoms with Gasteiger partial charge in [-0.25, -0.2) is 12.7 Å². The van der Waals surface area contributed by atoms with Gasteiger partial charge in [0.2, 0.25) is 10.0 Å². The molecule has 1 heterocycles. The van der Waals surface area contributed by atoms with Crippen molar-refractivity contribution in [2.45, 2.75) is 4.90 Å². The minimum Gasteiger partial charge on any atom is -0.354 e. The standard InChI is InChI=1S/C23H20N2O3S/c1-25(2)29(27,28)19-12-13-22-20(14-19)21(15-26)23(24-22)18-10-8-17(9-11-18)16-6-4-3-5-7-16/h3-15,24H,1-2H3.